The number of benzene rings is 1. The van der Waals surface area contributed by atoms with Crippen LogP contribution in [0.1, 0.15) is 37.8 Å². The lowest BCUT2D eigenvalue weighted by molar-refractivity contribution is -0.145. The summed E-state index contributed by atoms with van der Waals surface area (Å²) in [4.78, 5) is 14.7. The third-order valence-corrected chi connectivity index (χ3v) is 7.52. The van der Waals surface area contributed by atoms with Gasteiger partial charge in [0.25, 0.3) is 5.91 Å². The summed E-state index contributed by atoms with van der Waals surface area (Å²) in [7, 11) is 1.70. The SMILES string of the molecule is COc1ccc2c(c1)NC1(COC3(CCN(C(=O)C4CCCO4)CC3)C1)c1cccn1-2. The van der Waals surface area contributed by atoms with Gasteiger partial charge in [0, 0.05) is 38.4 Å². The first kappa shape index (κ1) is 19.2. The number of aromatic nitrogens is 1. The van der Waals surface area contributed by atoms with Crippen molar-refractivity contribution in [1.82, 2.24) is 9.47 Å². The van der Waals surface area contributed by atoms with Crippen molar-refractivity contribution in [3.63, 3.8) is 0 Å². The molecule has 7 nitrogen and oxygen atoms in total. The Kier molecular flexibility index (Phi) is 4.34. The van der Waals surface area contributed by atoms with E-state index in [9.17, 15) is 4.79 Å². The second-order valence-corrected chi connectivity index (χ2v) is 9.33. The quantitative estimate of drug-likeness (QED) is 0.804. The lowest BCUT2D eigenvalue weighted by Crippen LogP contribution is -2.50. The van der Waals surface area contributed by atoms with Gasteiger partial charge in [0.2, 0.25) is 0 Å². The molecule has 31 heavy (non-hydrogen) atoms. The highest BCUT2D eigenvalue weighted by Crippen LogP contribution is 2.50. The van der Waals surface area contributed by atoms with Gasteiger partial charge in [-0.25, -0.2) is 0 Å². The Morgan fingerprint density at radius 3 is 2.90 bits per heavy atom. The van der Waals surface area contributed by atoms with Crippen molar-refractivity contribution in [2.45, 2.75) is 49.3 Å². The van der Waals surface area contributed by atoms with Gasteiger partial charge < -0.3 is 29.0 Å². The summed E-state index contributed by atoms with van der Waals surface area (Å²) in [6, 6.07) is 10.5. The van der Waals surface area contributed by atoms with Crippen LogP contribution in [0.4, 0.5) is 5.69 Å². The van der Waals surface area contributed by atoms with Crippen molar-refractivity contribution in [3.05, 3.63) is 42.2 Å². The van der Waals surface area contributed by atoms with Gasteiger partial charge in [-0.05, 0) is 49.9 Å². The van der Waals surface area contributed by atoms with E-state index in [0.29, 0.717) is 13.2 Å². The van der Waals surface area contributed by atoms with Crippen molar-refractivity contribution < 1.29 is 19.0 Å². The Morgan fingerprint density at radius 2 is 2.13 bits per heavy atom. The van der Waals surface area contributed by atoms with Crippen molar-refractivity contribution in [1.29, 1.82) is 0 Å². The van der Waals surface area contributed by atoms with Crippen LogP contribution in [-0.4, -0.2) is 60.5 Å². The first-order valence-corrected chi connectivity index (χ1v) is 11.3. The lowest BCUT2D eigenvalue weighted by Gasteiger charge is -2.41. The number of nitrogens with one attached hydrogen (secondary N) is 1. The van der Waals surface area contributed by atoms with E-state index in [2.05, 4.69) is 40.3 Å². The maximum atomic E-state index is 12.8. The number of rotatable bonds is 2. The average molecular weight is 424 g/mol. The van der Waals surface area contributed by atoms with Crippen LogP contribution in [0.25, 0.3) is 5.69 Å². The van der Waals surface area contributed by atoms with Crippen molar-refractivity contribution in [3.8, 4) is 11.4 Å². The van der Waals surface area contributed by atoms with E-state index >= 15 is 0 Å². The van der Waals surface area contributed by atoms with Gasteiger partial charge >= 0.3 is 0 Å². The number of fused-ring (bicyclic) bond motifs is 4. The zero-order valence-electron chi connectivity index (χ0n) is 17.9. The summed E-state index contributed by atoms with van der Waals surface area (Å²) in [5, 5.41) is 3.81. The maximum Gasteiger partial charge on any atom is 0.251 e. The number of carbonyl (C=O) groups is 1. The number of anilines is 1. The molecule has 1 aromatic carbocycles. The summed E-state index contributed by atoms with van der Waals surface area (Å²) in [6.45, 7) is 2.80. The summed E-state index contributed by atoms with van der Waals surface area (Å²) in [5.74, 6) is 0.998. The summed E-state index contributed by atoms with van der Waals surface area (Å²) in [5.41, 5.74) is 2.95. The number of ether oxygens (including phenoxy) is 3. The van der Waals surface area contributed by atoms with E-state index in [0.717, 1.165) is 62.3 Å². The molecule has 1 N–H and O–H groups in total. The van der Waals surface area contributed by atoms with Crippen molar-refractivity contribution in [2.75, 3.05) is 38.7 Å². The summed E-state index contributed by atoms with van der Waals surface area (Å²) in [6.07, 6.45) is 6.34. The third kappa shape index (κ3) is 2.97. The molecule has 4 aliphatic rings. The third-order valence-electron chi connectivity index (χ3n) is 7.52. The molecule has 4 aliphatic heterocycles. The molecular formula is C24H29N3O4. The minimum Gasteiger partial charge on any atom is -0.497 e. The monoisotopic (exact) mass is 423 g/mol. The molecule has 3 fully saturated rings. The van der Waals surface area contributed by atoms with Crippen LogP contribution >= 0.6 is 0 Å². The normalized spacial score (nSPS) is 28.4. The van der Waals surface area contributed by atoms with Crippen LogP contribution in [0.15, 0.2) is 36.5 Å². The first-order valence-electron chi connectivity index (χ1n) is 11.3. The second-order valence-electron chi connectivity index (χ2n) is 9.33. The van der Waals surface area contributed by atoms with E-state index in [1.165, 1.54) is 5.69 Å². The minimum absolute atomic E-state index is 0.158. The summed E-state index contributed by atoms with van der Waals surface area (Å²) >= 11 is 0. The van der Waals surface area contributed by atoms with Crippen LogP contribution in [0.3, 0.4) is 0 Å². The second kappa shape index (κ2) is 7.00. The minimum atomic E-state index is -0.274. The van der Waals surface area contributed by atoms with E-state index in [1.54, 1.807) is 7.11 Å². The molecule has 6 rings (SSSR count). The van der Waals surface area contributed by atoms with Gasteiger partial charge in [0.15, 0.2) is 0 Å². The molecule has 0 radical (unpaired) electrons. The topological polar surface area (TPSA) is 65.0 Å². The smallest absolute Gasteiger partial charge is 0.251 e. The Morgan fingerprint density at radius 1 is 1.26 bits per heavy atom. The van der Waals surface area contributed by atoms with E-state index in [-0.39, 0.29) is 23.2 Å². The number of amides is 1. The number of hydrogen-bond donors (Lipinski definition) is 1. The van der Waals surface area contributed by atoms with Crippen LogP contribution in [0.2, 0.25) is 0 Å². The van der Waals surface area contributed by atoms with Gasteiger partial charge in [0.1, 0.15) is 17.4 Å². The zero-order valence-corrected chi connectivity index (χ0v) is 17.9. The fourth-order valence-corrected chi connectivity index (χ4v) is 5.86. The average Bonchev–Trinajstić information content (AvgIpc) is 3.55. The van der Waals surface area contributed by atoms with E-state index in [1.807, 2.05) is 11.0 Å². The molecule has 7 heteroatoms. The van der Waals surface area contributed by atoms with Crippen LogP contribution in [0.5, 0.6) is 5.75 Å². The molecule has 2 atom stereocenters. The van der Waals surface area contributed by atoms with Crippen molar-refractivity contribution in [2.24, 2.45) is 0 Å². The number of piperidine rings is 1. The fourth-order valence-electron chi connectivity index (χ4n) is 5.86. The van der Waals surface area contributed by atoms with E-state index in [4.69, 9.17) is 14.2 Å². The molecule has 2 aromatic rings. The van der Waals surface area contributed by atoms with Gasteiger partial charge in [-0.1, -0.05) is 0 Å². The van der Waals surface area contributed by atoms with Gasteiger partial charge in [-0.2, -0.15) is 0 Å². The van der Waals surface area contributed by atoms with Crippen LogP contribution in [0, 0.1) is 0 Å². The number of methoxy groups -OCH3 is 1. The van der Waals surface area contributed by atoms with Crippen LogP contribution < -0.4 is 10.1 Å². The molecule has 1 aromatic heterocycles. The molecular weight excluding hydrogens is 394 g/mol. The fraction of sp³-hybridized carbons (Fsp3) is 0.542. The molecule has 5 heterocycles. The summed E-state index contributed by atoms with van der Waals surface area (Å²) < 4.78 is 19.9. The number of hydrogen-bond acceptors (Lipinski definition) is 5. The Labute approximate surface area is 182 Å². The van der Waals surface area contributed by atoms with Crippen molar-refractivity contribution >= 4 is 11.6 Å². The predicted molar refractivity (Wildman–Crippen MR) is 116 cm³/mol. The number of nitrogens with zero attached hydrogens (tertiary/aromatic N) is 2. The number of carbonyl (C=O) groups excluding carboxylic acids is 1. The molecule has 3 saturated heterocycles. The maximum absolute atomic E-state index is 12.8. The van der Waals surface area contributed by atoms with Gasteiger partial charge in [0.05, 0.1) is 36.4 Å². The standard InChI is InChI=1S/C24H29N3O4/c1-29-17-6-7-19-18(14-17)25-24(21-5-2-10-27(19)21)15-23(31-16-24)8-11-26(12-9-23)22(28)20-4-3-13-30-20/h2,5-7,10,14,20,25H,3-4,8-9,11-13,15-16H2,1H3. The molecule has 0 bridgehead atoms. The highest BCUT2D eigenvalue weighted by molar-refractivity contribution is 5.81. The molecule has 164 valence electrons. The van der Waals surface area contributed by atoms with Gasteiger partial charge in [-0.3, -0.25) is 4.79 Å². The van der Waals surface area contributed by atoms with Gasteiger partial charge in [-0.15, -0.1) is 0 Å². The largest absolute Gasteiger partial charge is 0.497 e. The molecule has 2 spiro atoms. The van der Waals surface area contributed by atoms with E-state index < -0.39 is 0 Å². The molecule has 0 saturated carbocycles. The Balaban J connectivity index is 1.23. The Bertz CT molecular complexity index is 1000. The predicted octanol–water partition coefficient (Wildman–Crippen LogP) is 3.07. The zero-order chi connectivity index (χ0) is 21.1. The molecule has 1 amide bonds. The highest BCUT2D eigenvalue weighted by Gasteiger charge is 2.54. The molecule has 0 aliphatic carbocycles. The Hall–Kier alpha value is -2.51. The first-order chi connectivity index (χ1) is 15.1. The number of likely N-dealkylation sites (tertiary alicyclic amines) is 1. The highest BCUT2D eigenvalue weighted by atomic mass is 16.5. The van der Waals surface area contributed by atoms with Crippen LogP contribution in [-0.2, 0) is 19.8 Å². The lowest BCUT2D eigenvalue weighted by atomic mass is 9.79. The molecule has 2 unspecified atom stereocenters.